The molecule has 0 aromatic carbocycles. The second-order valence-corrected chi connectivity index (χ2v) is 5.63. The second kappa shape index (κ2) is 6.80. The van der Waals surface area contributed by atoms with Crippen LogP contribution in [0, 0.1) is 17.8 Å². The van der Waals surface area contributed by atoms with Gasteiger partial charge in [-0.2, -0.15) is 5.10 Å². The van der Waals surface area contributed by atoms with Crippen LogP contribution in [0.25, 0.3) is 0 Å². The summed E-state index contributed by atoms with van der Waals surface area (Å²) in [6.07, 6.45) is 5.10. The van der Waals surface area contributed by atoms with Crippen molar-refractivity contribution >= 4 is 0 Å². The average Bonchev–Trinajstić information content (AvgIpc) is 2.62. The predicted molar refractivity (Wildman–Crippen MR) is 72.9 cm³/mol. The van der Waals surface area contributed by atoms with E-state index in [1.807, 2.05) is 17.9 Å². The Morgan fingerprint density at radius 2 is 1.88 bits per heavy atom. The molecule has 0 aliphatic carbocycles. The van der Waals surface area contributed by atoms with E-state index >= 15 is 0 Å². The van der Waals surface area contributed by atoms with E-state index in [4.69, 9.17) is 0 Å². The highest BCUT2D eigenvalue weighted by atomic mass is 15.2. The van der Waals surface area contributed by atoms with Gasteiger partial charge >= 0.3 is 0 Å². The molecule has 0 bridgehead atoms. The van der Waals surface area contributed by atoms with Gasteiger partial charge < -0.3 is 5.32 Å². The van der Waals surface area contributed by atoms with Crippen LogP contribution < -0.4 is 5.32 Å². The molecule has 98 valence electrons. The first-order valence-corrected chi connectivity index (χ1v) is 6.69. The van der Waals surface area contributed by atoms with Crippen LogP contribution in [0.5, 0.6) is 0 Å². The van der Waals surface area contributed by atoms with Crippen molar-refractivity contribution in [3.05, 3.63) is 18.0 Å². The van der Waals surface area contributed by atoms with Crippen LogP contribution in [-0.4, -0.2) is 22.9 Å². The van der Waals surface area contributed by atoms with Gasteiger partial charge in [-0.15, -0.1) is 0 Å². The van der Waals surface area contributed by atoms with Crippen LogP contribution >= 0.6 is 0 Å². The fraction of sp³-hybridized carbons (Fsp3) is 0.786. The highest BCUT2D eigenvalue weighted by Gasteiger charge is 2.16. The van der Waals surface area contributed by atoms with E-state index in [0.29, 0.717) is 0 Å². The predicted octanol–water partition coefficient (Wildman–Crippen LogP) is 2.48. The summed E-state index contributed by atoms with van der Waals surface area (Å²) < 4.78 is 1.86. The van der Waals surface area contributed by atoms with Crippen molar-refractivity contribution in [3.63, 3.8) is 0 Å². The topological polar surface area (TPSA) is 29.9 Å². The Morgan fingerprint density at radius 1 is 1.24 bits per heavy atom. The van der Waals surface area contributed by atoms with Gasteiger partial charge in [-0.3, -0.25) is 4.68 Å². The van der Waals surface area contributed by atoms with E-state index in [2.05, 4.69) is 44.3 Å². The Hall–Kier alpha value is -0.830. The van der Waals surface area contributed by atoms with Crippen molar-refractivity contribution in [1.82, 2.24) is 15.1 Å². The molecular formula is C14H27N3. The van der Waals surface area contributed by atoms with E-state index in [-0.39, 0.29) is 0 Å². The second-order valence-electron chi connectivity index (χ2n) is 5.63. The summed E-state index contributed by atoms with van der Waals surface area (Å²) in [5.74, 6) is 2.27. The maximum Gasteiger partial charge on any atom is 0.0522 e. The summed E-state index contributed by atoms with van der Waals surface area (Å²) in [5.41, 5.74) is 1.31. The summed E-state index contributed by atoms with van der Waals surface area (Å²) in [6, 6.07) is 0. The largest absolute Gasteiger partial charge is 0.316 e. The molecule has 0 aliphatic rings. The number of hydrogen-bond donors (Lipinski definition) is 1. The summed E-state index contributed by atoms with van der Waals surface area (Å²) in [4.78, 5) is 0. The van der Waals surface area contributed by atoms with Gasteiger partial charge in [-0.05, 0) is 42.8 Å². The molecule has 0 saturated carbocycles. The molecule has 0 unspecified atom stereocenters. The summed E-state index contributed by atoms with van der Waals surface area (Å²) in [7, 11) is 1.96. The van der Waals surface area contributed by atoms with Crippen molar-refractivity contribution in [2.45, 2.75) is 34.1 Å². The van der Waals surface area contributed by atoms with Crippen molar-refractivity contribution < 1.29 is 0 Å². The normalized spacial score (nSPS) is 12.0. The fourth-order valence-electron chi connectivity index (χ4n) is 2.34. The number of nitrogens with one attached hydrogen (secondary N) is 1. The average molecular weight is 237 g/mol. The van der Waals surface area contributed by atoms with Gasteiger partial charge in [-0.1, -0.05) is 27.7 Å². The van der Waals surface area contributed by atoms with Crippen LogP contribution in [0.2, 0.25) is 0 Å². The number of hydrogen-bond acceptors (Lipinski definition) is 2. The molecule has 0 radical (unpaired) electrons. The van der Waals surface area contributed by atoms with Gasteiger partial charge in [0, 0.05) is 13.2 Å². The lowest BCUT2D eigenvalue weighted by Crippen LogP contribution is -2.31. The molecule has 3 heteroatoms. The number of nitrogens with zero attached hydrogens (tertiary/aromatic N) is 2. The van der Waals surface area contributed by atoms with Crippen molar-refractivity contribution in [2.24, 2.45) is 24.8 Å². The van der Waals surface area contributed by atoms with Crippen LogP contribution in [0.15, 0.2) is 12.4 Å². The van der Waals surface area contributed by atoms with Crippen molar-refractivity contribution in [3.8, 4) is 0 Å². The lowest BCUT2D eigenvalue weighted by Gasteiger charge is -2.25. The molecule has 3 nitrogen and oxygen atoms in total. The Kier molecular flexibility index (Phi) is 5.69. The minimum Gasteiger partial charge on any atom is -0.316 e. The fourth-order valence-corrected chi connectivity index (χ4v) is 2.34. The van der Waals surface area contributed by atoms with Crippen LogP contribution in [0.3, 0.4) is 0 Å². The molecule has 0 fully saturated rings. The standard InChI is InChI=1S/C14H27N3/c1-11(2)14(12(3)4)9-15-7-6-13-8-16-17(5)10-13/h8,10-12,14-15H,6-7,9H2,1-5H3. The molecular weight excluding hydrogens is 210 g/mol. The molecule has 0 saturated heterocycles. The van der Waals surface area contributed by atoms with Crippen molar-refractivity contribution in [2.75, 3.05) is 13.1 Å². The van der Waals surface area contributed by atoms with Gasteiger partial charge in [0.25, 0.3) is 0 Å². The van der Waals surface area contributed by atoms with E-state index in [1.54, 1.807) is 0 Å². The molecule has 1 aromatic rings. The molecule has 0 atom stereocenters. The molecule has 1 heterocycles. The molecule has 1 N–H and O–H groups in total. The Morgan fingerprint density at radius 3 is 2.35 bits per heavy atom. The Bertz CT molecular complexity index is 307. The van der Waals surface area contributed by atoms with Gasteiger partial charge in [-0.25, -0.2) is 0 Å². The van der Waals surface area contributed by atoms with E-state index in [0.717, 1.165) is 37.3 Å². The van der Waals surface area contributed by atoms with Crippen LogP contribution in [0.1, 0.15) is 33.3 Å². The zero-order valence-corrected chi connectivity index (χ0v) is 11.9. The number of rotatable bonds is 7. The third-order valence-electron chi connectivity index (χ3n) is 3.44. The highest BCUT2D eigenvalue weighted by molar-refractivity contribution is 5.03. The Labute approximate surface area is 106 Å². The number of aromatic nitrogens is 2. The monoisotopic (exact) mass is 237 g/mol. The molecule has 1 rings (SSSR count). The minimum atomic E-state index is 0.751. The van der Waals surface area contributed by atoms with E-state index < -0.39 is 0 Å². The first-order valence-electron chi connectivity index (χ1n) is 6.69. The first-order chi connectivity index (χ1) is 8.00. The molecule has 0 amide bonds. The maximum absolute atomic E-state index is 4.18. The molecule has 1 aromatic heterocycles. The summed E-state index contributed by atoms with van der Waals surface area (Å²) >= 11 is 0. The smallest absolute Gasteiger partial charge is 0.0522 e. The quantitative estimate of drug-likeness (QED) is 0.738. The zero-order chi connectivity index (χ0) is 12.8. The van der Waals surface area contributed by atoms with Crippen LogP contribution in [0.4, 0.5) is 0 Å². The van der Waals surface area contributed by atoms with Crippen molar-refractivity contribution in [1.29, 1.82) is 0 Å². The lowest BCUT2D eigenvalue weighted by molar-refractivity contribution is 0.277. The van der Waals surface area contributed by atoms with Gasteiger partial charge in [0.1, 0.15) is 0 Å². The van der Waals surface area contributed by atoms with Gasteiger partial charge in [0.2, 0.25) is 0 Å². The highest BCUT2D eigenvalue weighted by Crippen LogP contribution is 2.19. The lowest BCUT2D eigenvalue weighted by atomic mass is 9.85. The van der Waals surface area contributed by atoms with Crippen LogP contribution in [-0.2, 0) is 13.5 Å². The zero-order valence-electron chi connectivity index (χ0n) is 11.9. The van der Waals surface area contributed by atoms with E-state index in [1.165, 1.54) is 5.56 Å². The van der Waals surface area contributed by atoms with E-state index in [9.17, 15) is 0 Å². The third-order valence-corrected chi connectivity index (χ3v) is 3.44. The van der Waals surface area contributed by atoms with Gasteiger partial charge in [0.15, 0.2) is 0 Å². The number of aryl methyl sites for hydroxylation is 1. The maximum atomic E-state index is 4.18. The van der Waals surface area contributed by atoms with Gasteiger partial charge in [0.05, 0.1) is 6.20 Å². The minimum absolute atomic E-state index is 0.751. The molecule has 17 heavy (non-hydrogen) atoms. The third kappa shape index (κ3) is 4.90. The molecule has 0 spiro atoms. The first kappa shape index (κ1) is 14.2. The summed E-state index contributed by atoms with van der Waals surface area (Å²) in [5, 5.41) is 7.74. The summed E-state index contributed by atoms with van der Waals surface area (Å²) in [6.45, 7) is 11.4. The molecule has 0 aliphatic heterocycles. The Balaban J connectivity index is 2.23. The SMILES string of the molecule is CC(C)C(CNCCc1cnn(C)c1)C(C)C.